The fourth-order valence-corrected chi connectivity index (χ4v) is 3.82. The third-order valence-electron chi connectivity index (χ3n) is 5.52. The molecule has 0 spiro atoms. The molecule has 4 heterocycles. The Kier molecular flexibility index (Phi) is 5.64. The number of anilines is 1. The Labute approximate surface area is 176 Å². The number of aromatic amines is 1. The number of H-pyrrole nitrogens is 1. The lowest BCUT2D eigenvalue weighted by atomic mass is 10.1. The summed E-state index contributed by atoms with van der Waals surface area (Å²) in [6.45, 7) is 4.41. The summed E-state index contributed by atoms with van der Waals surface area (Å²) < 4.78 is 28.4. The molecule has 0 bridgehead atoms. The number of rotatable bonds is 5. The zero-order valence-corrected chi connectivity index (χ0v) is 17.0. The van der Waals surface area contributed by atoms with Gasteiger partial charge in [0.25, 0.3) is 11.5 Å². The van der Waals surface area contributed by atoms with Crippen LogP contribution in [0.2, 0.25) is 0 Å². The first-order valence-electron chi connectivity index (χ1n) is 10.00. The SMILES string of the molecule is CCc1cc2ncc(CN3CCN(c4ccc(F)nc4C(N)=O)CC3)c(F)c2[nH]c1=O. The van der Waals surface area contributed by atoms with Crippen molar-refractivity contribution in [2.24, 2.45) is 5.73 Å². The lowest BCUT2D eigenvalue weighted by Gasteiger charge is -2.36. The zero-order valence-electron chi connectivity index (χ0n) is 17.0. The van der Waals surface area contributed by atoms with Crippen molar-refractivity contribution in [1.82, 2.24) is 19.9 Å². The number of primary amides is 1. The summed E-state index contributed by atoms with van der Waals surface area (Å²) in [5.41, 5.74) is 6.89. The second kappa shape index (κ2) is 8.38. The quantitative estimate of drug-likeness (QED) is 0.598. The van der Waals surface area contributed by atoms with Gasteiger partial charge in [0.2, 0.25) is 5.95 Å². The largest absolute Gasteiger partial charge is 0.367 e. The minimum Gasteiger partial charge on any atom is -0.367 e. The first kappa shape index (κ1) is 20.9. The van der Waals surface area contributed by atoms with Crippen molar-refractivity contribution >= 4 is 22.6 Å². The molecule has 3 aromatic rings. The van der Waals surface area contributed by atoms with Crippen molar-refractivity contribution in [3.63, 3.8) is 0 Å². The molecule has 162 valence electrons. The van der Waals surface area contributed by atoms with Gasteiger partial charge in [-0.2, -0.15) is 4.39 Å². The van der Waals surface area contributed by atoms with Crippen molar-refractivity contribution in [2.75, 3.05) is 31.1 Å². The maximum atomic E-state index is 15.0. The second-order valence-corrected chi connectivity index (χ2v) is 7.46. The van der Waals surface area contributed by atoms with E-state index in [0.717, 1.165) is 0 Å². The summed E-state index contributed by atoms with van der Waals surface area (Å²) in [6.07, 6.45) is 2.04. The monoisotopic (exact) mass is 428 g/mol. The Morgan fingerprint density at radius 3 is 2.61 bits per heavy atom. The predicted octanol–water partition coefficient (Wildman–Crippen LogP) is 1.58. The fraction of sp³-hybridized carbons (Fsp3) is 0.333. The van der Waals surface area contributed by atoms with E-state index in [0.29, 0.717) is 61.5 Å². The smallest absolute Gasteiger partial charge is 0.269 e. The lowest BCUT2D eigenvalue weighted by Crippen LogP contribution is -2.46. The molecule has 0 unspecified atom stereocenters. The third kappa shape index (κ3) is 4.11. The van der Waals surface area contributed by atoms with E-state index in [1.807, 2.05) is 16.7 Å². The lowest BCUT2D eigenvalue weighted by molar-refractivity contribution is 0.0994. The standard InChI is InChI=1S/C21H22F2N6O2/c1-2-12-9-14-18(27-21(12)31)17(23)13(10-25-14)11-28-5-7-29(8-6-28)15-3-4-16(22)26-19(15)20(24)30/h3-4,9-10H,2,5-8,11H2,1H3,(H2,24,30)(H,27,31). The molecular weight excluding hydrogens is 406 g/mol. The van der Waals surface area contributed by atoms with E-state index in [1.54, 1.807) is 6.07 Å². The van der Waals surface area contributed by atoms with Crippen LogP contribution in [0.5, 0.6) is 0 Å². The van der Waals surface area contributed by atoms with Crippen molar-refractivity contribution in [2.45, 2.75) is 19.9 Å². The number of fused-ring (bicyclic) bond motifs is 1. The highest BCUT2D eigenvalue weighted by Crippen LogP contribution is 2.23. The van der Waals surface area contributed by atoms with E-state index in [-0.39, 0.29) is 16.8 Å². The molecule has 0 aromatic carbocycles. The van der Waals surface area contributed by atoms with Crippen molar-refractivity contribution < 1.29 is 13.6 Å². The molecule has 4 rings (SSSR count). The van der Waals surface area contributed by atoms with Gasteiger partial charge in [0, 0.05) is 50.0 Å². The van der Waals surface area contributed by atoms with Crippen LogP contribution in [0.15, 0.2) is 29.2 Å². The molecule has 10 heteroatoms. The number of hydrogen-bond acceptors (Lipinski definition) is 6. The van der Waals surface area contributed by atoms with Crippen molar-refractivity contribution in [1.29, 1.82) is 0 Å². The number of halogens is 2. The van der Waals surface area contributed by atoms with Crippen LogP contribution in [0.4, 0.5) is 14.5 Å². The molecule has 1 aliphatic heterocycles. The number of nitrogens with two attached hydrogens (primary N) is 1. The molecule has 0 aliphatic carbocycles. The van der Waals surface area contributed by atoms with Gasteiger partial charge in [-0.3, -0.25) is 19.5 Å². The van der Waals surface area contributed by atoms with E-state index in [9.17, 15) is 14.0 Å². The Balaban J connectivity index is 1.49. The van der Waals surface area contributed by atoms with Crippen molar-refractivity contribution in [3.05, 3.63) is 63.3 Å². The molecule has 8 nitrogen and oxygen atoms in total. The number of aromatic nitrogens is 3. The molecule has 0 radical (unpaired) electrons. The molecule has 1 saturated heterocycles. The number of carbonyl (C=O) groups excluding carboxylic acids is 1. The van der Waals surface area contributed by atoms with Crippen molar-refractivity contribution in [3.8, 4) is 0 Å². The number of carbonyl (C=O) groups is 1. The van der Waals surface area contributed by atoms with Gasteiger partial charge in [0.1, 0.15) is 5.52 Å². The van der Waals surface area contributed by atoms with E-state index in [2.05, 4.69) is 15.0 Å². The highest BCUT2D eigenvalue weighted by molar-refractivity contribution is 5.96. The number of piperazine rings is 1. The highest BCUT2D eigenvalue weighted by atomic mass is 19.1. The summed E-state index contributed by atoms with van der Waals surface area (Å²) in [5.74, 6) is -2.04. The maximum Gasteiger partial charge on any atom is 0.269 e. The molecule has 3 N–H and O–H groups in total. The van der Waals surface area contributed by atoms with Gasteiger partial charge in [-0.25, -0.2) is 9.37 Å². The number of aryl methyl sites for hydroxylation is 1. The van der Waals surface area contributed by atoms with Crippen LogP contribution in [0.1, 0.15) is 28.5 Å². The summed E-state index contributed by atoms with van der Waals surface area (Å²) in [7, 11) is 0. The normalized spacial score (nSPS) is 14.9. The summed E-state index contributed by atoms with van der Waals surface area (Å²) in [5, 5.41) is 0. The third-order valence-corrected chi connectivity index (χ3v) is 5.52. The molecule has 0 saturated carbocycles. The van der Waals surface area contributed by atoms with Crippen LogP contribution in [0.3, 0.4) is 0 Å². The van der Waals surface area contributed by atoms with E-state index >= 15 is 4.39 Å². The average molecular weight is 428 g/mol. The van der Waals surface area contributed by atoms with Gasteiger partial charge >= 0.3 is 0 Å². The Morgan fingerprint density at radius 2 is 1.94 bits per heavy atom. The van der Waals surface area contributed by atoms with Gasteiger partial charge in [0.15, 0.2) is 11.5 Å². The van der Waals surface area contributed by atoms with Crippen LogP contribution < -0.4 is 16.2 Å². The predicted molar refractivity (Wildman–Crippen MR) is 112 cm³/mol. The first-order chi connectivity index (χ1) is 14.9. The van der Waals surface area contributed by atoms with Crippen LogP contribution in [-0.2, 0) is 13.0 Å². The topological polar surface area (TPSA) is 108 Å². The number of amides is 1. The summed E-state index contributed by atoms with van der Waals surface area (Å²) in [6, 6.07) is 4.30. The first-order valence-corrected chi connectivity index (χ1v) is 10.00. The van der Waals surface area contributed by atoms with Crippen LogP contribution >= 0.6 is 0 Å². The van der Waals surface area contributed by atoms with E-state index in [1.165, 1.54) is 18.3 Å². The molecule has 0 atom stereocenters. The van der Waals surface area contributed by atoms with Gasteiger partial charge in [-0.15, -0.1) is 0 Å². The molecule has 1 amide bonds. The van der Waals surface area contributed by atoms with Gasteiger partial charge in [0.05, 0.1) is 11.2 Å². The Bertz CT molecular complexity index is 1200. The number of nitrogens with zero attached hydrogens (tertiary/aromatic N) is 4. The number of nitrogens with one attached hydrogen (secondary N) is 1. The van der Waals surface area contributed by atoms with E-state index in [4.69, 9.17) is 5.73 Å². The van der Waals surface area contributed by atoms with Gasteiger partial charge in [-0.05, 0) is 24.6 Å². The Morgan fingerprint density at radius 1 is 1.19 bits per heavy atom. The minimum absolute atomic E-state index is 0.103. The van der Waals surface area contributed by atoms with Crippen LogP contribution in [0.25, 0.3) is 11.0 Å². The highest BCUT2D eigenvalue weighted by Gasteiger charge is 2.23. The van der Waals surface area contributed by atoms with Crippen LogP contribution in [0, 0.1) is 11.8 Å². The van der Waals surface area contributed by atoms with E-state index < -0.39 is 17.7 Å². The molecule has 1 aliphatic rings. The van der Waals surface area contributed by atoms with Gasteiger partial charge < -0.3 is 15.6 Å². The molecule has 3 aromatic heterocycles. The van der Waals surface area contributed by atoms with Crippen LogP contribution in [-0.4, -0.2) is 51.9 Å². The summed E-state index contributed by atoms with van der Waals surface area (Å²) >= 11 is 0. The minimum atomic E-state index is -0.790. The molecule has 31 heavy (non-hydrogen) atoms. The zero-order chi connectivity index (χ0) is 22.1. The number of hydrogen-bond donors (Lipinski definition) is 2. The van der Waals surface area contributed by atoms with Gasteiger partial charge in [-0.1, -0.05) is 6.92 Å². The molecular formula is C21H22F2N6O2. The fourth-order valence-electron chi connectivity index (χ4n) is 3.82. The maximum absolute atomic E-state index is 15.0. The number of pyridine rings is 3. The second-order valence-electron chi connectivity index (χ2n) is 7.46. The summed E-state index contributed by atoms with van der Waals surface area (Å²) in [4.78, 5) is 38.2. The average Bonchev–Trinajstić information content (AvgIpc) is 2.76. The Hall–Kier alpha value is -3.40. The molecule has 1 fully saturated rings.